The standard InChI is InChI=1S/C18H17Cl2N3O5/c1-11-13(4-2-5-15(11)23(26)27)18(25)22-21-17(24)6-3-9-28-16-8-7-12(19)10-14(16)20/h2,4-5,7-8,10H,3,6,9H2,1H3,(H,21,24)(H,22,25). The molecule has 0 radical (unpaired) electrons. The van der Waals surface area contributed by atoms with E-state index in [0.29, 0.717) is 22.2 Å². The highest BCUT2D eigenvalue weighted by atomic mass is 35.5. The van der Waals surface area contributed by atoms with Crippen molar-refractivity contribution in [1.82, 2.24) is 10.9 Å². The molecule has 2 amide bonds. The van der Waals surface area contributed by atoms with Crippen LogP contribution >= 0.6 is 23.2 Å². The summed E-state index contributed by atoms with van der Waals surface area (Å²) in [5.41, 5.74) is 4.66. The minimum atomic E-state index is -0.640. The van der Waals surface area contributed by atoms with E-state index in [0.717, 1.165) is 0 Å². The topological polar surface area (TPSA) is 111 Å². The van der Waals surface area contributed by atoms with Crippen LogP contribution in [0.4, 0.5) is 5.69 Å². The summed E-state index contributed by atoms with van der Waals surface area (Å²) in [6, 6.07) is 8.97. The molecule has 0 aliphatic heterocycles. The lowest BCUT2D eigenvalue weighted by atomic mass is 10.1. The van der Waals surface area contributed by atoms with Crippen molar-refractivity contribution in [3.8, 4) is 5.75 Å². The number of benzene rings is 2. The van der Waals surface area contributed by atoms with E-state index in [2.05, 4.69) is 10.9 Å². The maximum atomic E-state index is 12.1. The number of halogens is 2. The van der Waals surface area contributed by atoms with Gasteiger partial charge in [0.05, 0.1) is 22.1 Å². The van der Waals surface area contributed by atoms with Crippen LogP contribution in [0.2, 0.25) is 10.0 Å². The molecular formula is C18H17Cl2N3O5. The molecule has 0 bridgehead atoms. The molecule has 148 valence electrons. The summed E-state index contributed by atoms with van der Waals surface area (Å²) in [6.45, 7) is 1.71. The molecule has 0 aliphatic carbocycles. The van der Waals surface area contributed by atoms with E-state index in [1.54, 1.807) is 18.2 Å². The monoisotopic (exact) mass is 425 g/mol. The third-order valence-electron chi connectivity index (χ3n) is 3.76. The zero-order valence-corrected chi connectivity index (χ0v) is 16.3. The molecule has 0 saturated carbocycles. The number of ether oxygens (including phenoxy) is 1. The first-order chi connectivity index (χ1) is 13.3. The first kappa shape index (κ1) is 21.5. The fourth-order valence-corrected chi connectivity index (χ4v) is 2.79. The highest BCUT2D eigenvalue weighted by Gasteiger charge is 2.18. The molecule has 2 rings (SSSR count). The van der Waals surface area contributed by atoms with Crippen LogP contribution in [0.1, 0.15) is 28.8 Å². The number of nitrogens with one attached hydrogen (secondary N) is 2. The molecule has 10 heteroatoms. The molecule has 0 fully saturated rings. The van der Waals surface area contributed by atoms with Crippen molar-refractivity contribution in [1.29, 1.82) is 0 Å². The molecule has 0 aliphatic rings. The van der Waals surface area contributed by atoms with Gasteiger partial charge in [-0.3, -0.25) is 30.6 Å². The van der Waals surface area contributed by atoms with E-state index in [1.165, 1.54) is 25.1 Å². The lowest BCUT2D eigenvalue weighted by Crippen LogP contribution is -2.41. The van der Waals surface area contributed by atoms with Gasteiger partial charge in [-0.05, 0) is 37.6 Å². The fourth-order valence-electron chi connectivity index (χ4n) is 2.33. The van der Waals surface area contributed by atoms with Crippen molar-refractivity contribution in [2.45, 2.75) is 19.8 Å². The van der Waals surface area contributed by atoms with Gasteiger partial charge >= 0.3 is 0 Å². The van der Waals surface area contributed by atoms with Gasteiger partial charge in [-0.1, -0.05) is 29.3 Å². The van der Waals surface area contributed by atoms with Crippen LogP contribution in [0.3, 0.4) is 0 Å². The van der Waals surface area contributed by atoms with Gasteiger partial charge in [-0.15, -0.1) is 0 Å². The van der Waals surface area contributed by atoms with Crippen LogP contribution in [0.25, 0.3) is 0 Å². The van der Waals surface area contributed by atoms with E-state index in [1.807, 2.05) is 0 Å². The normalized spacial score (nSPS) is 10.2. The lowest BCUT2D eigenvalue weighted by molar-refractivity contribution is -0.385. The summed E-state index contributed by atoms with van der Waals surface area (Å²) in [4.78, 5) is 34.3. The van der Waals surface area contributed by atoms with Gasteiger partial charge in [0.2, 0.25) is 5.91 Å². The molecule has 0 atom stereocenters. The van der Waals surface area contributed by atoms with Gasteiger partial charge < -0.3 is 4.74 Å². The minimum absolute atomic E-state index is 0.0966. The molecule has 0 spiro atoms. The van der Waals surface area contributed by atoms with E-state index >= 15 is 0 Å². The Labute approximate surface area is 170 Å². The lowest BCUT2D eigenvalue weighted by Gasteiger charge is -2.10. The maximum Gasteiger partial charge on any atom is 0.273 e. The number of carbonyl (C=O) groups excluding carboxylic acids is 2. The summed E-state index contributed by atoms with van der Waals surface area (Å²) >= 11 is 11.8. The van der Waals surface area contributed by atoms with Gasteiger partial charge in [-0.25, -0.2) is 0 Å². The van der Waals surface area contributed by atoms with Crippen molar-refractivity contribution in [3.63, 3.8) is 0 Å². The van der Waals surface area contributed by atoms with Crippen molar-refractivity contribution in [2.24, 2.45) is 0 Å². The Morgan fingerprint density at radius 1 is 1.18 bits per heavy atom. The largest absolute Gasteiger partial charge is 0.492 e. The van der Waals surface area contributed by atoms with Gasteiger partial charge in [0.25, 0.3) is 11.6 Å². The number of rotatable bonds is 7. The van der Waals surface area contributed by atoms with E-state index < -0.39 is 16.7 Å². The zero-order chi connectivity index (χ0) is 20.7. The highest BCUT2D eigenvalue weighted by molar-refractivity contribution is 6.35. The second-order valence-corrected chi connectivity index (χ2v) is 6.58. The first-order valence-electron chi connectivity index (χ1n) is 8.20. The SMILES string of the molecule is Cc1c(C(=O)NNC(=O)CCCOc2ccc(Cl)cc2Cl)cccc1[N+](=O)[O-]. The predicted molar refractivity (Wildman–Crippen MR) is 105 cm³/mol. The predicted octanol–water partition coefficient (Wildman–Crippen LogP) is 3.83. The summed E-state index contributed by atoms with van der Waals surface area (Å²) < 4.78 is 5.47. The van der Waals surface area contributed by atoms with E-state index in [-0.39, 0.29) is 29.8 Å². The van der Waals surface area contributed by atoms with Gasteiger partial charge in [0.15, 0.2) is 0 Å². The molecule has 2 aromatic rings. The number of hydrogen-bond acceptors (Lipinski definition) is 5. The van der Waals surface area contributed by atoms with Crippen molar-refractivity contribution in [3.05, 3.63) is 67.7 Å². The van der Waals surface area contributed by atoms with Gasteiger partial charge in [0, 0.05) is 23.1 Å². The first-order valence-corrected chi connectivity index (χ1v) is 8.96. The van der Waals surface area contributed by atoms with Crippen LogP contribution in [-0.4, -0.2) is 23.3 Å². The number of hydrazine groups is 1. The summed E-state index contributed by atoms with van der Waals surface area (Å²) in [5, 5.41) is 11.8. The molecule has 0 aromatic heterocycles. The number of carbonyl (C=O) groups is 2. The van der Waals surface area contributed by atoms with E-state index in [4.69, 9.17) is 27.9 Å². The molecule has 0 unspecified atom stereocenters. The molecular weight excluding hydrogens is 409 g/mol. The summed E-state index contributed by atoms with van der Waals surface area (Å²) in [5.74, 6) is -0.609. The number of hydrogen-bond donors (Lipinski definition) is 2. The average Bonchev–Trinajstić information content (AvgIpc) is 2.64. The number of nitrogens with zero attached hydrogens (tertiary/aromatic N) is 1. The maximum absolute atomic E-state index is 12.1. The second-order valence-electron chi connectivity index (χ2n) is 5.74. The summed E-state index contributed by atoms with van der Waals surface area (Å²) in [7, 11) is 0. The second kappa shape index (κ2) is 9.91. The van der Waals surface area contributed by atoms with Crippen LogP contribution in [-0.2, 0) is 4.79 Å². The van der Waals surface area contributed by atoms with E-state index in [9.17, 15) is 19.7 Å². The molecule has 2 aromatic carbocycles. The molecule has 28 heavy (non-hydrogen) atoms. The van der Waals surface area contributed by atoms with Crippen LogP contribution < -0.4 is 15.6 Å². The Hall–Kier alpha value is -2.84. The smallest absolute Gasteiger partial charge is 0.273 e. The number of amides is 2. The Balaban J connectivity index is 1.77. The van der Waals surface area contributed by atoms with Gasteiger partial charge in [-0.2, -0.15) is 0 Å². The van der Waals surface area contributed by atoms with Gasteiger partial charge in [0.1, 0.15) is 5.75 Å². The average molecular weight is 426 g/mol. The van der Waals surface area contributed by atoms with Crippen LogP contribution in [0, 0.1) is 17.0 Å². The van der Waals surface area contributed by atoms with Crippen molar-refractivity contribution < 1.29 is 19.2 Å². The van der Waals surface area contributed by atoms with Crippen molar-refractivity contribution >= 4 is 40.7 Å². The van der Waals surface area contributed by atoms with Crippen molar-refractivity contribution in [2.75, 3.05) is 6.61 Å². The number of nitro benzene ring substituents is 1. The Bertz CT molecular complexity index is 905. The molecule has 0 heterocycles. The summed E-state index contributed by atoms with van der Waals surface area (Å²) in [6.07, 6.45) is 0.482. The molecule has 0 saturated heterocycles. The Kier molecular flexibility index (Phi) is 7.60. The third kappa shape index (κ3) is 5.83. The minimum Gasteiger partial charge on any atom is -0.492 e. The molecule has 8 nitrogen and oxygen atoms in total. The van der Waals surface area contributed by atoms with Crippen LogP contribution in [0.15, 0.2) is 36.4 Å². The Morgan fingerprint density at radius 2 is 1.93 bits per heavy atom. The van der Waals surface area contributed by atoms with Crippen LogP contribution in [0.5, 0.6) is 5.75 Å². The molecule has 2 N–H and O–H groups in total. The zero-order valence-electron chi connectivity index (χ0n) is 14.8. The third-order valence-corrected chi connectivity index (χ3v) is 4.29. The fraction of sp³-hybridized carbons (Fsp3) is 0.222. The highest BCUT2D eigenvalue weighted by Crippen LogP contribution is 2.27. The Morgan fingerprint density at radius 3 is 2.61 bits per heavy atom. The quantitative estimate of drug-likeness (QED) is 0.397. The number of nitro groups is 1.